The number of rotatable bonds is 5. The van der Waals surface area contributed by atoms with E-state index in [1.54, 1.807) is 0 Å². The van der Waals surface area contributed by atoms with Crippen molar-refractivity contribution in [2.45, 2.75) is 50.9 Å². The number of nitrogens with zero attached hydrogens (tertiary/aromatic N) is 1. The van der Waals surface area contributed by atoms with Gasteiger partial charge in [0.2, 0.25) is 11.8 Å². The maximum atomic E-state index is 12.6. The highest BCUT2D eigenvalue weighted by Gasteiger charge is 2.37. The maximum absolute atomic E-state index is 12.6. The van der Waals surface area contributed by atoms with Crippen LogP contribution in [0.15, 0.2) is 30.3 Å². The van der Waals surface area contributed by atoms with E-state index in [2.05, 4.69) is 5.32 Å². The van der Waals surface area contributed by atoms with Crippen LogP contribution in [-0.4, -0.2) is 54.2 Å². The number of carbonyl (C=O) groups excluding carboxylic acids is 2. The second kappa shape index (κ2) is 7.44. The quantitative estimate of drug-likeness (QED) is 0.882. The number of morpholine rings is 1. The van der Waals surface area contributed by atoms with Crippen LogP contribution < -0.4 is 10.1 Å². The van der Waals surface area contributed by atoms with Crippen molar-refractivity contribution in [3.63, 3.8) is 0 Å². The van der Waals surface area contributed by atoms with Crippen LogP contribution >= 0.6 is 0 Å². The van der Waals surface area contributed by atoms with Gasteiger partial charge in [0.25, 0.3) is 0 Å². The Balaban J connectivity index is 1.56. The van der Waals surface area contributed by atoms with Gasteiger partial charge in [-0.2, -0.15) is 0 Å². The Morgan fingerprint density at radius 1 is 1.36 bits per heavy atom. The molecule has 0 bridgehead atoms. The number of hydrogen-bond acceptors (Lipinski definition) is 4. The fraction of sp³-hybridized carbons (Fsp3) is 0.579. The van der Waals surface area contributed by atoms with Crippen LogP contribution in [0.4, 0.5) is 0 Å². The molecular weight excluding hydrogens is 320 g/mol. The van der Waals surface area contributed by atoms with Gasteiger partial charge in [0.05, 0.1) is 12.1 Å². The lowest BCUT2D eigenvalue weighted by molar-refractivity contribution is -0.165. The number of hydrogen-bond donors (Lipinski definition) is 1. The third-order valence-corrected chi connectivity index (χ3v) is 4.52. The van der Waals surface area contributed by atoms with E-state index in [-0.39, 0.29) is 24.0 Å². The van der Waals surface area contributed by atoms with Crippen molar-refractivity contribution in [1.29, 1.82) is 0 Å². The van der Waals surface area contributed by atoms with Gasteiger partial charge in [0.15, 0.2) is 0 Å². The predicted molar refractivity (Wildman–Crippen MR) is 93.3 cm³/mol. The van der Waals surface area contributed by atoms with Crippen LogP contribution in [0.25, 0.3) is 0 Å². The van der Waals surface area contributed by atoms with E-state index in [9.17, 15) is 9.59 Å². The third kappa shape index (κ3) is 4.95. The lowest BCUT2D eigenvalue weighted by Crippen LogP contribution is -2.56. The summed E-state index contributed by atoms with van der Waals surface area (Å²) in [7, 11) is 0. The highest BCUT2D eigenvalue weighted by Crippen LogP contribution is 2.23. The van der Waals surface area contributed by atoms with Gasteiger partial charge in [-0.25, -0.2) is 0 Å². The summed E-state index contributed by atoms with van der Waals surface area (Å²) < 4.78 is 11.9. The Kier molecular flexibility index (Phi) is 5.27. The molecule has 2 fully saturated rings. The van der Waals surface area contributed by atoms with Gasteiger partial charge in [0.1, 0.15) is 18.5 Å². The summed E-state index contributed by atoms with van der Waals surface area (Å²) in [4.78, 5) is 25.8. The lowest BCUT2D eigenvalue weighted by Gasteiger charge is -2.43. The number of amides is 2. The van der Waals surface area contributed by atoms with Crippen LogP contribution in [0, 0.1) is 0 Å². The Morgan fingerprint density at radius 3 is 2.80 bits per heavy atom. The van der Waals surface area contributed by atoms with Gasteiger partial charge in [-0.15, -0.1) is 0 Å². The molecule has 0 radical (unpaired) electrons. The fourth-order valence-electron chi connectivity index (χ4n) is 3.45. The minimum atomic E-state index is -0.419. The van der Waals surface area contributed by atoms with Gasteiger partial charge >= 0.3 is 0 Å². The molecule has 2 saturated heterocycles. The number of para-hydroxylation sites is 1. The summed E-state index contributed by atoms with van der Waals surface area (Å²) >= 11 is 0. The smallest absolute Gasteiger partial charge is 0.224 e. The van der Waals surface area contributed by atoms with Crippen molar-refractivity contribution in [2.75, 3.05) is 19.7 Å². The molecule has 2 heterocycles. The summed E-state index contributed by atoms with van der Waals surface area (Å²) in [6.45, 7) is 5.43. The Morgan fingerprint density at radius 2 is 2.12 bits per heavy atom. The minimum absolute atomic E-state index is 0.0363. The maximum Gasteiger partial charge on any atom is 0.224 e. The van der Waals surface area contributed by atoms with Crippen LogP contribution in [-0.2, 0) is 14.3 Å². The lowest BCUT2D eigenvalue weighted by atomic mass is 10.0. The summed E-state index contributed by atoms with van der Waals surface area (Å²) in [6, 6.07) is 9.55. The molecule has 1 aromatic rings. The van der Waals surface area contributed by atoms with Crippen molar-refractivity contribution < 1.29 is 19.1 Å². The van der Waals surface area contributed by atoms with Gasteiger partial charge in [-0.1, -0.05) is 18.2 Å². The van der Waals surface area contributed by atoms with Crippen LogP contribution in [0.1, 0.15) is 33.1 Å². The van der Waals surface area contributed by atoms with Crippen molar-refractivity contribution >= 4 is 11.8 Å². The fourth-order valence-corrected chi connectivity index (χ4v) is 3.45. The first-order chi connectivity index (χ1) is 11.9. The van der Waals surface area contributed by atoms with Crippen LogP contribution in [0.5, 0.6) is 5.75 Å². The zero-order chi connectivity index (χ0) is 17.9. The Labute approximate surface area is 148 Å². The molecule has 0 spiro atoms. The standard InChI is InChI=1S/C19H26N2O4/c1-19(2)13-21(18(23)10-14-8-9-17(22)20-14)11-16(25-19)12-24-15-6-4-3-5-7-15/h3-7,14,16H,8-13H2,1-2H3,(H,20,22)/t14-,16+/m0/s1. The minimum Gasteiger partial charge on any atom is -0.491 e. The zero-order valence-electron chi connectivity index (χ0n) is 14.9. The second-order valence-corrected chi connectivity index (χ2v) is 7.41. The number of nitrogens with one attached hydrogen (secondary N) is 1. The molecule has 2 atom stereocenters. The number of carbonyl (C=O) groups is 2. The predicted octanol–water partition coefficient (Wildman–Crippen LogP) is 1.74. The topological polar surface area (TPSA) is 67.9 Å². The Bertz CT molecular complexity index is 617. The first-order valence-electron chi connectivity index (χ1n) is 8.84. The molecule has 2 amide bonds. The first kappa shape index (κ1) is 17.7. The third-order valence-electron chi connectivity index (χ3n) is 4.52. The molecule has 2 aliphatic rings. The first-order valence-corrected chi connectivity index (χ1v) is 8.84. The summed E-state index contributed by atoms with van der Waals surface area (Å²) in [5.41, 5.74) is -0.419. The molecule has 136 valence electrons. The van der Waals surface area contributed by atoms with Crippen molar-refractivity contribution in [3.8, 4) is 5.75 Å². The van der Waals surface area contributed by atoms with Crippen molar-refractivity contribution in [2.24, 2.45) is 0 Å². The van der Waals surface area contributed by atoms with E-state index in [0.717, 1.165) is 12.2 Å². The van der Waals surface area contributed by atoms with Crippen LogP contribution in [0.2, 0.25) is 0 Å². The molecule has 0 aromatic heterocycles. The Hall–Kier alpha value is -2.08. The van der Waals surface area contributed by atoms with Gasteiger partial charge in [-0.05, 0) is 32.4 Å². The normalized spacial score (nSPS) is 25.5. The summed E-state index contributed by atoms with van der Waals surface area (Å²) in [5.74, 6) is 0.892. The van der Waals surface area contributed by atoms with E-state index in [4.69, 9.17) is 9.47 Å². The number of ether oxygens (including phenoxy) is 2. The average molecular weight is 346 g/mol. The highest BCUT2D eigenvalue weighted by atomic mass is 16.5. The highest BCUT2D eigenvalue weighted by molar-refractivity contribution is 5.82. The average Bonchev–Trinajstić information content (AvgIpc) is 2.97. The second-order valence-electron chi connectivity index (χ2n) is 7.41. The van der Waals surface area contributed by atoms with Crippen molar-refractivity contribution in [3.05, 3.63) is 30.3 Å². The molecular formula is C19H26N2O4. The summed E-state index contributed by atoms with van der Waals surface area (Å²) in [5, 5.41) is 2.86. The molecule has 6 nitrogen and oxygen atoms in total. The molecule has 3 rings (SSSR count). The molecule has 0 saturated carbocycles. The monoisotopic (exact) mass is 346 g/mol. The zero-order valence-corrected chi connectivity index (χ0v) is 14.9. The van der Waals surface area contributed by atoms with E-state index < -0.39 is 5.60 Å². The van der Waals surface area contributed by atoms with E-state index in [1.807, 2.05) is 49.1 Å². The number of benzene rings is 1. The molecule has 0 unspecified atom stereocenters. The van der Waals surface area contributed by atoms with Gasteiger partial charge in [-0.3, -0.25) is 9.59 Å². The van der Waals surface area contributed by atoms with Crippen molar-refractivity contribution in [1.82, 2.24) is 10.2 Å². The molecule has 2 aliphatic heterocycles. The van der Waals surface area contributed by atoms with E-state index >= 15 is 0 Å². The molecule has 1 N–H and O–H groups in total. The van der Waals surface area contributed by atoms with Gasteiger partial charge in [0, 0.05) is 25.4 Å². The van der Waals surface area contributed by atoms with E-state index in [0.29, 0.717) is 32.5 Å². The molecule has 25 heavy (non-hydrogen) atoms. The van der Waals surface area contributed by atoms with E-state index in [1.165, 1.54) is 0 Å². The van der Waals surface area contributed by atoms with Gasteiger partial charge < -0.3 is 19.7 Å². The molecule has 0 aliphatic carbocycles. The largest absolute Gasteiger partial charge is 0.491 e. The molecule has 1 aromatic carbocycles. The molecule has 6 heteroatoms. The summed E-state index contributed by atoms with van der Waals surface area (Å²) in [6.07, 6.45) is 1.43. The van der Waals surface area contributed by atoms with Crippen LogP contribution in [0.3, 0.4) is 0 Å². The SMILES string of the molecule is CC1(C)CN(C(=O)C[C@@H]2CCC(=O)N2)C[C@H](COc2ccccc2)O1.